The fourth-order valence-corrected chi connectivity index (χ4v) is 7.83. The molecule has 0 nitrogen and oxygen atoms in total. The number of hydrogen-bond donors (Lipinski definition) is 0. The van der Waals surface area contributed by atoms with E-state index >= 15 is 0 Å². The van der Waals surface area contributed by atoms with Gasteiger partial charge in [-0.2, -0.15) is 0 Å². The summed E-state index contributed by atoms with van der Waals surface area (Å²) in [5.41, 5.74) is 10.9. The second-order valence-corrected chi connectivity index (χ2v) is 12.5. The Morgan fingerprint density at radius 2 is 0.844 bits per heavy atom. The molecule has 0 unspecified atom stereocenters. The zero-order valence-corrected chi connectivity index (χ0v) is 27.5. The predicted octanol–water partition coefficient (Wildman–Crippen LogP) is -4.44. The highest BCUT2D eigenvalue weighted by molar-refractivity contribution is 7.76. The summed E-state index contributed by atoms with van der Waals surface area (Å²) in [5, 5.41) is 6.11. The summed E-state index contributed by atoms with van der Waals surface area (Å²) >= 11 is 0. The Balaban J connectivity index is 2.63. The highest BCUT2D eigenvalue weighted by Gasteiger charge is 2.33. The largest absolute Gasteiger partial charge is 0.102 e. The van der Waals surface area contributed by atoms with Crippen LogP contribution in [-0.4, -0.2) is 145 Å². The Morgan fingerprint density at radius 3 is 1.24 bits per heavy atom. The molecule has 0 aliphatic rings. The molecule has 0 spiro atoms. The van der Waals surface area contributed by atoms with Crippen LogP contribution in [0.2, 0.25) is 0 Å². The summed E-state index contributed by atoms with van der Waals surface area (Å²) in [5.74, 6) is 0. The topological polar surface area (TPSA) is 0 Å². The number of benzene rings is 4. The van der Waals surface area contributed by atoms with E-state index in [2.05, 4.69) is 20.8 Å². The van der Waals surface area contributed by atoms with Crippen LogP contribution in [0.3, 0.4) is 0 Å². The van der Waals surface area contributed by atoms with Gasteiger partial charge >= 0.3 is 0 Å². The number of hydrogen-bond acceptors (Lipinski definition) is 0. The lowest BCUT2D eigenvalue weighted by Crippen LogP contribution is -2.64. The van der Waals surface area contributed by atoms with Crippen molar-refractivity contribution in [3.63, 3.8) is 0 Å². The van der Waals surface area contributed by atoms with Crippen LogP contribution >= 0.6 is 0 Å². The molecular formula is C25H21B20. The second-order valence-electron chi connectivity index (χ2n) is 12.5. The minimum absolute atomic E-state index is 0.547. The van der Waals surface area contributed by atoms with Gasteiger partial charge in [0.1, 0.15) is 0 Å². The van der Waals surface area contributed by atoms with Gasteiger partial charge in [-0.15, -0.1) is 21.9 Å². The van der Waals surface area contributed by atoms with Gasteiger partial charge in [-0.05, 0) is 91.9 Å². The molecule has 0 amide bonds. The fourth-order valence-electron chi connectivity index (χ4n) is 7.83. The van der Waals surface area contributed by atoms with Crippen molar-refractivity contribution in [3.8, 4) is 0 Å². The van der Waals surface area contributed by atoms with Gasteiger partial charge in [0, 0.05) is 112 Å². The van der Waals surface area contributed by atoms with Crippen molar-refractivity contribution in [2.24, 2.45) is 0 Å². The number of fused-ring (bicyclic) bond motifs is 6. The van der Waals surface area contributed by atoms with Gasteiger partial charge in [-0.25, -0.2) is 0 Å². The summed E-state index contributed by atoms with van der Waals surface area (Å²) < 4.78 is 0. The molecule has 0 aromatic heterocycles. The lowest BCUT2D eigenvalue weighted by molar-refractivity contribution is 1.38. The monoisotopic (exact) mass is 541 g/mol. The van der Waals surface area contributed by atoms with Crippen LogP contribution in [-0.2, 0) is 0 Å². The molecule has 0 heterocycles. The van der Waals surface area contributed by atoms with E-state index in [1.54, 1.807) is 7.17 Å². The van der Waals surface area contributed by atoms with E-state index in [1.807, 2.05) is 27.7 Å². The number of aryl methyl sites for hydroxylation is 6. The average molecular weight is 538 g/mol. The van der Waals surface area contributed by atoms with Crippen molar-refractivity contribution in [1.82, 2.24) is 0 Å². The van der Waals surface area contributed by atoms with Crippen LogP contribution in [0, 0.1) is 48.5 Å². The van der Waals surface area contributed by atoms with Crippen molar-refractivity contribution >= 4 is 205 Å². The smallest absolute Gasteiger partial charge is 0.0964 e. The van der Waals surface area contributed by atoms with Crippen LogP contribution in [0.1, 0.15) is 38.9 Å². The summed E-state index contributed by atoms with van der Waals surface area (Å²) in [7, 11) is 74.9. The molecule has 4 aromatic carbocycles. The maximum absolute atomic E-state index is 6.81. The Labute approximate surface area is 290 Å². The van der Waals surface area contributed by atoms with Crippen LogP contribution < -0.4 is 27.3 Å². The zero-order chi connectivity index (χ0) is 34.0. The molecule has 0 atom stereocenters. The standard InChI is InChI=1S/C25H21B20/c1-8-9(2)21(37-26)10(3)16-15(8)19-13(6)24(42(32)44(33)34)25(43(39-28)45(35)36)14(7)20(19)18-12(5)23(41(31)38-27)22(40(29)30)11(4)17(16)18/h1-7H3. The van der Waals surface area contributed by atoms with Crippen LogP contribution in [0.15, 0.2) is 0 Å². The molecule has 0 aliphatic carbocycles. The first-order valence-electron chi connectivity index (χ1n) is 15.2. The van der Waals surface area contributed by atoms with E-state index in [9.17, 15) is 0 Å². The SMILES string of the molecule is [B][B]B(B([B])[B])c1c(B([B])B([B])[B])c(C)c2c3c(C)c(C)c([B][B])c(C)c3c3c(C)c(B([B])[B])c(B([B])[B][B])c(C)c3c2c1C. The fraction of sp³-hybridized carbons (Fsp3) is 0.280. The highest BCUT2D eigenvalue weighted by Crippen LogP contribution is 2.43. The first-order chi connectivity index (χ1) is 21.0. The van der Waals surface area contributed by atoms with E-state index in [0.29, 0.717) is 0 Å². The Hall–Kier alpha value is -1.04. The zero-order valence-electron chi connectivity index (χ0n) is 27.5. The third-order valence-electron chi connectivity index (χ3n) is 10.1. The molecule has 45 heavy (non-hydrogen) atoms. The molecule has 0 N–H and O–H groups in total. The molecule has 4 aromatic rings. The van der Waals surface area contributed by atoms with Crippen LogP contribution in [0.5, 0.6) is 0 Å². The van der Waals surface area contributed by atoms with E-state index in [1.165, 1.54) is 14.1 Å². The quantitative estimate of drug-likeness (QED) is 0.149. The van der Waals surface area contributed by atoms with Gasteiger partial charge in [-0.1, -0.05) is 33.3 Å². The molecule has 0 fully saturated rings. The van der Waals surface area contributed by atoms with Crippen molar-refractivity contribution in [1.29, 1.82) is 0 Å². The van der Waals surface area contributed by atoms with Gasteiger partial charge in [-0.3, -0.25) is 0 Å². The normalized spacial score (nSPS) is 11.1. The lowest BCUT2D eigenvalue weighted by Gasteiger charge is -2.34. The average Bonchev–Trinajstić information content (AvgIpc) is 2.98. The third kappa shape index (κ3) is 5.65. The molecule has 25 radical (unpaired) electrons. The molecule has 4 rings (SSSR count). The van der Waals surface area contributed by atoms with Crippen molar-refractivity contribution < 1.29 is 0 Å². The predicted molar refractivity (Wildman–Crippen MR) is 225 cm³/mol. The van der Waals surface area contributed by atoms with Crippen LogP contribution in [0.25, 0.3) is 32.3 Å². The van der Waals surface area contributed by atoms with Crippen molar-refractivity contribution in [2.75, 3.05) is 0 Å². The third-order valence-corrected chi connectivity index (χ3v) is 10.1. The molecular weight excluding hydrogens is 517 g/mol. The first kappa shape index (κ1) is 36.8. The van der Waals surface area contributed by atoms with E-state index in [-0.39, 0.29) is 0 Å². The summed E-state index contributed by atoms with van der Waals surface area (Å²) in [4.78, 5) is 0. The molecule has 20 heteroatoms. The minimum atomic E-state index is -0.858. The molecule has 0 saturated heterocycles. The molecule has 0 saturated carbocycles. The van der Waals surface area contributed by atoms with Crippen molar-refractivity contribution in [3.05, 3.63) is 38.9 Å². The van der Waals surface area contributed by atoms with Gasteiger partial charge in [0.2, 0.25) is 0 Å². The van der Waals surface area contributed by atoms with Gasteiger partial charge in [0.15, 0.2) is 0 Å². The number of rotatable bonds is 9. The highest BCUT2D eigenvalue weighted by atomic mass is 14.3. The van der Waals surface area contributed by atoms with E-state index < -0.39 is 38.7 Å². The maximum Gasteiger partial charge on any atom is 0.0964 e. The van der Waals surface area contributed by atoms with Crippen LogP contribution in [0.4, 0.5) is 0 Å². The molecule has 181 valence electrons. The van der Waals surface area contributed by atoms with Gasteiger partial charge < -0.3 is 0 Å². The maximum atomic E-state index is 6.81. The Kier molecular flexibility index (Phi) is 11.3. The van der Waals surface area contributed by atoms with Gasteiger partial charge in [0.05, 0.1) is 33.1 Å². The van der Waals surface area contributed by atoms with E-state index in [4.69, 9.17) is 85.1 Å². The van der Waals surface area contributed by atoms with Gasteiger partial charge in [0.25, 0.3) is 0 Å². The second kappa shape index (κ2) is 13.8. The Morgan fingerprint density at radius 1 is 0.422 bits per heavy atom. The summed E-state index contributed by atoms with van der Waals surface area (Å²) in [6.45, 7) is 11.8. The van der Waals surface area contributed by atoms with Crippen molar-refractivity contribution in [2.45, 2.75) is 48.5 Å². The summed E-state index contributed by atoms with van der Waals surface area (Å²) in [6.07, 6.45) is -1.67. The first-order valence-corrected chi connectivity index (χ1v) is 15.2. The minimum Gasteiger partial charge on any atom is -0.102 e. The Bertz CT molecular complexity index is 1820. The molecule has 0 bridgehead atoms. The summed E-state index contributed by atoms with van der Waals surface area (Å²) in [6, 6.07) is 0. The molecule has 0 aliphatic heterocycles. The van der Waals surface area contributed by atoms with E-state index in [0.717, 1.165) is 98.6 Å². The lowest BCUT2D eigenvalue weighted by atomic mass is 8.79.